The maximum absolute atomic E-state index is 12.0. The van der Waals surface area contributed by atoms with Crippen molar-refractivity contribution in [3.05, 3.63) is 59.9 Å². The number of aromatic nitrogens is 2. The van der Waals surface area contributed by atoms with Gasteiger partial charge < -0.3 is 15.0 Å². The van der Waals surface area contributed by atoms with Crippen LogP contribution in [0.2, 0.25) is 0 Å². The summed E-state index contributed by atoms with van der Waals surface area (Å²) in [6, 6.07) is 15.4. The Labute approximate surface area is 134 Å². The van der Waals surface area contributed by atoms with E-state index in [1.807, 2.05) is 48.5 Å². The van der Waals surface area contributed by atoms with Gasteiger partial charge in [0.1, 0.15) is 11.6 Å². The van der Waals surface area contributed by atoms with Gasteiger partial charge in [-0.1, -0.05) is 24.3 Å². The van der Waals surface area contributed by atoms with Gasteiger partial charge in [0.2, 0.25) is 5.91 Å². The molecular weight excluding hydrogens is 290 g/mol. The molecule has 0 fully saturated rings. The molecule has 1 aromatic heterocycles. The molecule has 0 radical (unpaired) electrons. The SMILES string of the molecule is COc1cccc(CC(=O)NCCc2nc3ccccc3[nH]2)c1. The van der Waals surface area contributed by atoms with Crippen LogP contribution in [-0.2, 0) is 17.6 Å². The largest absolute Gasteiger partial charge is 0.497 e. The predicted molar refractivity (Wildman–Crippen MR) is 89.5 cm³/mol. The van der Waals surface area contributed by atoms with Crippen molar-refractivity contribution in [3.8, 4) is 5.75 Å². The summed E-state index contributed by atoms with van der Waals surface area (Å²) in [4.78, 5) is 19.7. The number of aromatic amines is 1. The van der Waals surface area contributed by atoms with Gasteiger partial charge in [-0.15, -0.1) is 0 Å². The lowest BCUT2D eigenvalue weighted by atomic mass is 10.1. The van der Waals surface area contributed by atoms with E-state index in [1.54, 1.807) is 7.11 Å². The third kappa shape index (κ3) is 3.88. The second kappa shape index (κ2) is 6.96. The van der Waals surface area contributed by atoms with Crippen molar-refractivity contribution in [3.63, 3.8) is 0 Å². The Kier molecular flexibility index (Phi) is 4.57. The Morgan fingerprint density at radius 3 is 2.91 bits per heavy atom. The molecule has 0 unspecified atom stereocenters. The minimum absolute atomic E-state index is 0.00522. The van der Waals surface area contributed by atoms with Crippen molar-refractivity contribution >= 4 is 16.9 Å². The highest BCUT2D eigenvalue weighted by Crippen LogP contribution is 2.13. The zero-order valence-electron chi connectivity index (χ0n) is 13.0. The maximum Gasteiger partial charge on any atom is 0.224 e. The number of para-hydroxylation sites is 2. The molecule has 1 amide bonds. The molecule has 5 heteroatoms. The molecule has 0 atom stereocenters. The van der Waals surface area contributed by atoms with Crippen molar-refractivity contribution in [2.45, 2.75) is 12.8 Å². The van der Waals surface area contributed by atoms with Crippen LogP contribution >= 0.6 is 0 Å². The Bertz CT molecular complexity index is 778. The lowest BCUT2D eigenvalue weighted by molar-refractivity contribution is -0.120. The first kappa shape index (κ1) is 15.1. The van der Waals surface area contributed by atoms with Crippen LogP contribution in [0, 0.1) is 0 Å². The number of carbonyl (C=O) groups excluding carboxylic acids is 1. The number of nitrogens with one attached hydrogen (secondary N) is 2. The van der Waals surface area contributed by atoms with Crippen LogP contribution in [0.3, 0.4) is 0 Å². The van der Waals surface area contributed by atoms with Crippen LogP contribution in [0.5, 0.6) is 5.75 Å². The fourth-order valence-electron chi connectivity index (χ4n) is 2.47. The number of benzene rings is 2. The Hall–Kier alpha value is -2.82. The van der Waals surface area contributed by atoms with Crippen LogP contribution in [0.1, 0.15) is 11.4 Å². The molecule has 0 aliphatic carbocycles. The molecule has 1 heterocycles. The normalized spacial score (nSPS) is 10.7. The minimum Gasteiger partial charge on any atom is -0.497 e. The zero-order chi connectivity index (χ0) is 16.1. The van der Waals surface area contributed by atoms with E-state index < -0.39 is 0 Å². The minimum atomic E-state index is -0.00522. The Morgan fingerprint density at radius 2 is 2.09 bits per heavy atom. The molecule has 3 aromatic rings. The van der Waals surface area contributed by atoms with Gasteiger partial charge >= 0.3 is 0 Å². The topological polar surface area (TPSA) is 67.0 Å². The van der Waals surface area contributed by atoms with Crippen LogP contribution in [0.25, 0.3) is 11.0 Å². The van der Waals surface area contributed by atoms with Crippen molar-refractivity contribution < 1.29 is 9.53 Å². The van der Waals surface area contributed by atoms with Gasteiger partial charge in [0.15, 0.2) is 0 Å². The fraction of sp³-hybridized carbons (Fsp3) is 0.222. The zero-order valence-corrected chi connectivity index (χ0v) is 13.0. The Balaban J connectivity index is 1.50. The summed E-state index contributed by atoms with van der Waals surface area (Å²) in [7, 11) is 1.62. The third-order valence-corrected chi connectivity index (χ3v) is 3.62. The molecule has 0 bridgehead atoms. The quantitative estimate of drug-likeness (QED) is 0.735. The molecule has 0 aliphatic heterocycles. The summed E-state index contributed by atoms with van der Waals surface area (Å²) < 4.78 is 5.16. The number of fused-ring (bicyclic) bond motifs is 1. The van der Waals surface area contributed by atoms with Crippen molar-refractivity contribution in [1.82, 2.24) is 15.3 Å². The van der Waals surface area contributed by atoms with Gasteiger partial charge in [-0.25, -0.2) is 4.98 Å². The van der Waals surface area contributed by atoms with E-state index in [1.165, 1.54) is 0 Å². The van der Waals surface area contributed by atoms with Gasteiger partial charge in [0.25, 0.3) is 0 Å². The van der Waals surface area contributed by atoms with E-state index in [9.17, 15) is 4.79 Å². The summed E-state index contributed by atoms with van der Waals surface area (Å²) in [5.41, 5.74) is 2.90. The van der Waals surface area contributed by atoms with Gasteiger partial charge in [0, 0.05) is 13.0 Å². The number of hydrogen-bond acceptors (Lipinski definition) is 3. The fourth-order valence-corrected chi connectivity index (χ4v) is 2.47. The number of nitrogens with zero attached hydrogens (tertiary/aromatic N) is 1. The molecule has 3 rings (SSSR count). The first-order valence-electron chi connectivity index (χ1n) is 7.58. The highest BCUT2D eigenvalue weighted by molar-refractivity contribution is 5.78. The average molecular weight is 309 g/mol. The number of imidazole rings is 1. The van der Waals surface area contributed by atoms with Crippen LogP contribution < -0.4 is 10.1 Å². The number of rotatable bonds is 6. The van der Waals surface area contributed by atoms with Crippen molar-refractivity contribution in [2.75, 3.05) is 13.7 Å². The van der Waals surface area contributed by atoms with Gasteiger partial charge in [-0.05, 0) is 29.8 Å². The molecule has 0 saturated heterocycles. The number of hydrogen-bond donors (Lipinski definition) is 2. The van der Waals surface area contributed by atoms with Crippen LogP contribution in [0.4, 0.5) is 0 Å². The standard InChI is InChI=1S/C18H19N3O2/c1-23-14-6-4-5-13(11-14)12-18(22)19-10-9-17-20-15-7-2-3-8-16(15)21-17/h2-8,11H,9-10,12H2,1H3,(H,19,22)(H,20,21). The van der Waals surface area contributed by atoms with Gasteiger partial charge in [-0.2, -0.15) is 0 Å². The summed E-state index contributed by atoms with van der Waals surface area (Å²) in [5.74, 6) is 1.64. The van der Waals surface area contributed by atoms with E-state index in [-0.39, 0.29) is 5.91 Å². The number of amides is 1. The molecule has 2 aromatic carbocycles. The summed E-state index contributed by atoms with van der Waals surface area (Å²) in [5, 5.41) is 2.92. The summed E-state index contributed by atoms with van der Waals surface area (Å²) in [6.45, 7) is 0.558. The number of methoxy groups -OCH3 is 1. The molecule has 0 saturated carbocycles. The summed E-state index contributed by atoms with van der Waals surface area (Å²) in [6.07, 6.45) is 1.02. The smallest absolute Gasteiger partial charge is 0.224 e. The van der Waals surface area contributed by atoms with E-state index in [4.69, 9.17) is 4.74 Å². The molecule has 0 spiro atoms. The van der Waals surface area contributed by atoms with Crippen LogP contribution in [-0.4, -0.2) is 29.5 Å². The van der Waals surface area contributed by atoms with Gasteiger partial charge in [-0.3, -0.25) is 4.79 Å². The highest BCUT2D eigenvalue weighted by Gasteiger charge is 2.06. The number of carbonyl (C=O) groups is 1. The van der Waals surface area contributed by atoms with E-state index in [2.05, 4.69) is 15.3 Å². The molecule has 5 nitrogen and oxygen atoms in total. The van der Waals surface area contributed by atoms with E-state index in [0.717, 1.165) is 28.2 Å². The molecule has 2 N–H and O–H groups in total. The summed E-state index contributed by atoms with van der Waals surface area (Å²) >= 11 is 0. The second-order valence-electron chi connectivity index (χ2n) is 5.33. The molecular formula is C18H19N3O2. The van der Waals surface area contributed by atoms with Crippen LogP contribution in [0.15, 0.2) is 48.5 Å². The highest BCUT2D eigenvalue weighted by atomic mass is 16.5. The van der Waals surface area contributed by atoms with Gasteiger partial charge in [0.05, 0.1) is 24.6 Å². The maximum atomic E-state index is 12.0. The second-order valence-corrected chi connectivity index (χ2v) is 5.33. The average Bonchev–Trinajstić information content (AvgIpc) is 2.97. The first-order valence-corrected chi connectivity index (χ1v) is 7.58. The predicted octanol–water partition coefficient (Wildman–Crippen LogP) is 2.47. The van der Waals surface area contributed by atoms with E-state index >= 15 is 0 Å². The first-order chi connectivity index (χ1) is 11.2. The third-order valence-electron chi connectivity index (χ3n) is 3.62. The van der Waals surface area contributed by atoms with Crippen molar-refractivity contribution in [2.24, 2.45) is 0 Å². The monoisotopic (exact) mass is 309 g/mol. The number of ether oxygens (including phenoxy) is 1. The molecule has 118 valence electrons. The lowest BCUT2D eigenvalue weighted by Crippen LogP contribution is -2.27. The Morgan fingerprint density at radius 1 is 1.22 bits per heavy atom. The molecule has 0 aliphatic rings. The van der Waals surface area contributed by atoms with Crippen molar-refractivity contribution in [1.29, 1.82) is 0 Å². The lowest BCUT2D eigenvalue weighted by Gasteiger charge is -2.06. The van der Waals surface area contributed by atoms with E-state index in [0.29, 0.717) is 19.4 Å². The molecule has 23 heavy (non-hydrogen) atoms. The number of H-pyrrole nitrogens is 1.